The Morgan fingerprint density at radius 1 is 0.380 bits per heavy atom. The molecule has 0 unspecified atom stereocenters. The van der Waals surface area contributed by atoms with Crippen molar-refractivity contribution in [3.63, 3.8) is 0 Å². The minimum absolute atomic E-state index is 0.00429. The van der Waals surface area contributed by atoms with Gasteiger partial charge in [-0.2, -0.15) is 0 Å². The fourth-order valence-electron chi connectivity index (χ4n) is 13.7. The van der Waals surface area contributed by atoms with Gasteiger partial charge in [0.25, 0.3) is 0 Å². The van der Waals surface area contributed by atoms with Gasteiger partial charge in [-0.25, -0.2) is 0 Å². The van der Waals surface area contributed by atoms with Crippen molar-refractivity contribution in [2.45, 2.75) is 182 Å². The van der Waals surface area contributed by atoms with Gasteiger partial charge in [-0.3, -0.25) is 63.6 Å². The van der Waals surface area contributed by atoms with Crippen LogP contribution < -0.4 is 81.4 Å². The van der Waals surface area contributed by atoms with Crippen LogP contribution in [0.1, 0.15) is 111 Å². The molecule has 30 heteroatoms. The summed E-state index contributed by atoms with van der Waals surface area (Å²) in [6.07, 6.45) is 4.05. The van der Waals surface area contributed by atoms with E-state index < -0.39 is 126 Å². The number of rotatable bonds is 41. The molecule has 0 spiro atoms. The number of hydrogen-bond donors (Lipinski definition) is 17. The van der Waals surface area contributed by atoms with Gasteiger partial charge in [0.05, 0.1) is 6.04 Å². The molecule has 3 saturated heterocycles. The van der Waals surface area contributed by atoms with Crippen LogP contribution in [-0.2, 0) is 84.8 Å². The molecule has 3 aliphatic heterocycles. The summed E-state index contributed by atoms with van der Waals surface area (Å²) in [6, 6.07) is 32.0. The average Bonchev–Trinajstić information content (AvgIpc) is 1.60. The second-order valence-corrected chi connectivity index (χ2v) is 27.6. The Bertz CT molecular complexity index is 3820. The van der Waals surface area contributed by atoms with Crippen LogP contribution in [0.2, 0.25) is 0 Å². The number of unbranched alkanes of at least 4 members (excludes halogenated alkanes) is 1. The number of nitrogens with two attached hydrogens (primary N) is 4. The average molecular weight is 1480 g/mol. The number of carbonyl (C=O) groups excluding carboxylic acids is 11. The predicted octanol–water partition coefficient (Wildman–Crippen LogP) is -0.0469. The number of nitrogens with zero attached hydrogens (tertiary/aromatic N) is 2. The third-order valence-corrected chi connectivity index (χ3v) is 19.4. The highest BCUT2D eigenvalue weighted by Crippen LogP contribution is 2.24. The standard InChI is InChI=1S/C78H105N19O11/c79-39-17-16-33-57(89-70(102)59(45-50-23-6-1-7-24-50)91-67(99)56-35-19-40-85-56)69(101)94-62(48-53-29-12-4-13-30-53)75(107)96-43-21-38-65(96)74(106)93-61(47-52-27-10-3-11-28-52)72(104)95-63(49-54-31-14-5-15-32-54)76(108)97-44-22-37-64(97)73(105)92-60(46-51-25-8-2-9-26-51)71(103)90-58(36-20-42-87-78(83)84)68(100)88-55(66(80)98)34-18-41-86-77(81)82/h1-15,23-32,55-65,85H,16-22,33-49,79H2,(H2,80,98)(H,88,100)(H,89,102)(H,90,103)(H,91,99)(H,92,105)(H,93,106)(H,94,101)(H,95,104)(H4,81,82,86)(H4,83,84,87)/t55-,56-,57-,58-,59-,60-,61-,62-,63-,64-,65-/m0/s1. The summed E-state index contributed by atoms with van der Waals surface area (Å²) in [4.78, 5) is 163. The summed E-state index contributed by atoms with van der Waals surface area (Å²) >= 11 is 0. The second-order valence-electron chi connectivity index (χ2n) is 27.6. The fourth-order valence-corrected chi connectivity index (χ4v) is 13.7. The van der Waals surface area contributed by atoms with E-state index in [1.807, 2.05) is 36.4 Å². The zero-order valence-corrected chi connectivity index (χ0v) is 60.9. The van der Waals surface area contributed by atoms with E-state index in [2.05, 4.69) is 58.5 Å². The van der Waals surface area contributed by atoms with Crippen molar-refractivity contribution in [2.24, 2.45) is 22.9 Å². The maximum absolute atomic E-state index is 15.4. The molecule has 0 saturated carbocycles. The summed E-state index contributed by atoms with van der Waals surface area (Å²) in [5, 5.41) is 46.5. The van der Waals surface area contributed by atoms with Gasteiger partial charge in [0.1, 0.15) is 60.4 Å². The first kappa shape index (κ1) is 82.4. The zero-order valence-electron chi connectivity index (χ0n) is 60.9. The molecule has 21 N–H and O–H groups in total. The van der Waals surface area contributed by atoms with E-state index in [1.165, 1.54) is 9.80 Å². The molecule has 5 aromatic carbocycles. The molecule has 578 valence electrons. The zero-order chi connectivity index (χ0) is 77.3. The lowest BCUT2D eigenvalue weighted by Gasteiger charge is -2.32. The van der Waals surface area contributed by atoms with Gasteiger partial charge in [0.2, 0.25) is 65.0 Å². The van der Waals surface area contributed by atoms with Crippen molar-refractivity contribution < 1.29 is 52.7 Å². The summed E-state index contributed by atoms with van der Waals surface area (Å²) in [7, 11) is 0. The van der Waals surface area contributed by atoms with Crippen LogP contribution in [0.3, 0.4) is 0 Å². The van der Waals surface area contributed by atoms with Gasteiger partial charge in [-0.1, -0.05) is 152 Å². The van der Waals surface area contributed by atoms with Crippen LogP contribution in [-0.4, -0.2) is 192 Å². The quantitative estimate of drug-likeness (QED) is 0.0139. The number of likely N-dealkylation sites (tertiary alicyclic amines) is 2. The maximum Gasteiger partial charge on any atom is 0.246 e. The lowest BCUT2D eigenvalue weighted by Crippen LogP contribution is -2.61. The number of benzene rings is 5. The molecule has 5 aromatic rings. The Morgan fingerprint density at radius 2 is 0.694 bits per heavy atom. The van der Waals surface area contributed by atoms with Crippen LogP contribution >= 0.6 is 0 Å². The minimum Gasteiger partial charge on any atom is -0.370 e. The lowest BCUT2D eigenvalue weighted by atomic mass is 10.0. The number of guanidine groups is 2. The molecular formula is C78H105N19O11. The van der Waals surface area contributed by atoms with Gasteiger partial charge >= 0.3 is 0 Å². The van der Waals surface area contributed by atoms with Crippen LogP contribution in [0.25, 0.3) is 0 Å². The van der Waals surface area contributed by atoms with Gasteiger partial charge in [-0.05, 0) is 124 Å². The highest BCUT2D eigenvalue weighted by Gasteiger charge is 2.43. The molecule has 0 bridgehead atoms. The van der Waals surface area contributed by atoms with Crippen LogP contribution in [0.5, 0.6) is 0 Å². The lowest BCUT2D eigenvalue weighted by molar-refractivity contribution is -0.143. The number of carbonyl (C=O) groups is 11. The third-order valence-electron chi connectivity index (χ3n) is 19.4. The minimum atomic E-state index is -1.35. The van der Waals surface area contributed by atoms with Crippen molar-refractivity contribution in [2.75, 3.05) is 39.3 Å². The summed E-state index contributed by atoms with van der Waals surface area (Å²) < 4.78 is 0. The monoisotopic (exact) mass is 1480 g/mol. The highest BCUT2D eigenvalue weighted by molar-refractivity contribution is 6.00. The Hall–Kier alpha value is -11.3. The normalized spacial score (nSPS) is 17.5. The predicted molar refractivity (Wildman–Crippen MR) is 407 cm³/mol. The Kier molecular flexibility index (Phi) is 32.6. The first-order valence-corrected chi connectivity index (χ1v) is 37.3. The molecule has 8 rings (SSSR count). The molecule has 0 radical (unpaired) electrons. The van der Waals surface area contributed by atoms with Crippen molar-refractivity contribution in [3.05, 3.63) is 179 Å². The third kappa shape index (κ3) is 26.1. The molecule has 108 heavy (non-hydrogen) atoms. The van der Waals surface area contributed by atoms with E-state index in [4.69, 9.17) is 33.8 Å². The van der Waals surface area contributed by atoms with Crippen LogP contribution in [0, 0.1) is 10.8 Å². The largest absolute Gasteiger partial charge is 0.370 e. The van der Waals surface area contributed by atoms with Crippen molar-refractivity contribution in [3.8, 4) is 0 Å². The summed E-state index contributed by atoms with van der Waals surface area (Å²) in [6.45, 7) is 1.50. The van der Waals surface area contributed by atoms with E-state index in [9.17, 15) is 33.6 Å². The Balaban J connectivity index is 1.01. The number of amides is 11. The topological polar surface area (TPSA) is 478 Å². The molecule has 3 heterocycles. The SMILES string of the molecule is N=C(N)NCCC[C@H](NC(=O)[C@H](CCCNC(=N)N)NC(=O)[C@H](Cc1ccccc1)NC(=O)[C@@H]1CCCN1C(=O)[C@H](Cc1ccccc1)NC(=O)[C@H](Cc1ccccc1)NC(=O)[C@@H]1CCCN1C(=O)[C@H](Cc1ccccc1)NC(=O)[C@H](CCCCN)NC(=O)[C@H](Cc1ccccc1)NC(=O)[C@@H]1CCCN1)C(N)=O. The first-order chi connectivity index (χ1) is 52.1. The van der Waals surface area contributed by atoms with Crippen LogP contribution in [0.4, 0.5) is 0 Å². The Labute approximate surface area is 629 Å². The number of nitrogens with one attached hydrogen (secondary N) is 13. The second kappa shape index (κ2) is 42.8. The molecule has 0 aromatic heterocycles. The van der Waals surface area contributed by atoms with Gasteiger partial charge in [0, 0.05) is 58.3 Å². The van der Waals surface area contributed by atoms with E-state index >= 15 is 19.2 Å². The Morgan fingerprint density at radius 3 is 1.03 bits per heavy atom. The number of primary amides is 1. The highest BCUT2D eigenvalue weighted by atomic mass is 16.2. The van der Waals surface area contributed by atoms with Crippen molar-refractivity contribution >= 4 is 76.9 Å². The smallest absolute Gasteiger partial charge is 0.246 e. The molecule has 30 nitrogen and oxygen atoms in total. The van der Waals surface area contributed by atoms with Crippen LogP contribution in [0.15, 0.2) is 152 Å². The molecule has 11 amide bonds. The van der Waals surface area contributed by atoms with E-state index in [0.717, 1.165) is 12.0 Å². The fraction of sp³-hybridized carbons (Fsp3) is 0.449. The molecule has 0 aliphatic carbocycles. The molecule has 11 atom stereocenters. The summed E-state index contributed by atoms with van der Waals surface area (Å²) in [5.41, 5.74) is 26.0. The van der Waals surface area contributed by atoms with Gasteiger partial charge in [0.15, 0.2) is 11.9 Å². The molecule has 3 aliphatic rings. The summed E-state index contributed by atoms with van der Waals surface area (Å²) in [5.74, 6) is -7.95. The van der Waals surface area contributed by atoms with Crippen molar-refractivity contribution in [1.82, 2.24) is 68.3 Å². The molecule has 3 fully saturated rings. The maximum atomic E-state index is 15.4. The van der Waals surface area contributed by atoms with Crippen molar-refractivity contribution in [1.29, 1.82) is 10.8 Å². The first-order valence-electron chi connectivity index (χ1n) is 37.3. The van der Waals surface area contributed by atoms with E-state index in [0.29, 0.717) is 67.4 Å². The number of hydrogen-bond acceptors (Lipinski definition) is 15. The van der Waals surface area contributed by atoms with E-state index in [1.54, 1.807) is 115 Å². The van der Waals surface area contributed by atoms with Gasteiger partial charge in [-0.15, -0.1) is 0 Å². The van der Waals surface area contributed by atoms with Gasteiger partial charge < -0.3 is 91.2 Å². The van der Waals surface area contributed by atoms with E-state index in [-0.39, 0.29) is 121 Å². The molecular weight excluding hydrogens is 1380 g/mol.